The van der Waals surface area contributed by atoms with Gasteiger partial charge in [0.25, 0.3) is 0 Å². The lowest BCUT2D eigenvalue weighted by atomic mass is 9.84. The lowest BCUT2D eigenvalue weighted by Crippen LogP contribution is -2.50. The van der Waals surface area contributed by atoms with Gasteiger partial charge < -0.3 is 15.3 Å². The van der Waals surface area contributed by atoms with Crippen molar-refractivity contribution in [2.75, 3.05) is 26.2 Å². The van der Waals surface area contributed by atoms with Crippen molar-refractivity contribution in [3.63, 3.8) is 0 Å². The van der Waals surface area contributed by atoms with Gasteiger partial charge >= 0.3 is 0 Å². The second kappa shape index (κ2) is 7.61. The number of aliphatic hydroxyl groups is 1. The van der Waals surface area contributed by atoms with E-state index in [4.69, 9.17) is 0 Å². The summed E-state index contributed by atoms with van der Waals surface area (Å²) in [4.78, 5) is 2.55. The lowest BCUT2D eigenvalue weighted by molar-refractivity contribution is 0.0841. The largest absolute Gasteiger partial charge is 0.393 e. The molecule has 3 atom stereocenters. The maximum absolute atomic E-state index is 9.88. The highest BCUT2D eigenvalue weighted by Crippen LogP contribution is 2.27. The van der Waals surface area contributed by atoms with Crippen LogP contribution in [-0.2, 0) is 0 Å². The number of hydrogen-bond acceptors (Lipinski definition) is 3. The molecular formula is C16H32N2O. The molecule has 2 rings (SSSR count). The second-order valence-electron chi connectivity index (χ2n) is 6.65. The Morgan fingerprint density at radius 2 is 2.00 bits per heavy atom. The molecule has 19 heavy (non-hydrogen) atoms. The molecule has 1 aliphatic heterocycles. The van der Waals surface area contributed by atoms with Gasteiger partial charge in [-0.25, -0.2) is 0 Å². The molecule has 2 aliphatic rings. The van der Waals surface area contributed by atoms with Crippen molar-refractivity contribution in [1.29, 1.82) is 0 Å². The quantitative estimate of drug-likeness (QED) is 0.743. The van der Waals surface area contributed by atoms with Gasteiger partial charge in [0.15, 0.2) is 0 Å². The molecule has 1 heterocycles. The van der Waals surface area contributed by atoms with Crippen LogP contribution in [0, 0.1) is 11.8 Å². The van der Waals surface area contributed by atoms with E-state index in [0.29, 0.717) is 12.0 Å². The normalized spacial score (nSPS) is 31.1. The van der Waals surface area contributed by atoms with Crippen LogP contribution in [-0.4, -0.2) is 48.3 Å². The van der Waals surface area contributed by atoms with Crippen molar-refractivity contribution in [3.05, 3.63) is 0 Å². The van der Waals surface area contributed by atoms with E-state index in [9.17, 15) is 5.11 Å². The summed E-state index contributed by atoms with van der Waals surface area (Å²) in [5, 5.41) is 13.7. The van der Waals surface area contributed by atoms with Gasteiger partial charge in [0.05, 0.1) is 6.10 Å². The third-order valence-electron chi connectivity index (χ3n) is 5.06. The number of piperidine rings is 1. The Balaban J connectivity index is 1.77. The summed E-state index contributed by atoms with van der Waals surface area (Å²) < 4.78 is 0. The number of likely N-dealkylation sites (N-methyl/N-ethyl adjacent to an activating group) is 1. The predicted octanol–water partition coefficient (Wildman–Crippen LogP) is 2.25. The summed E-state index contributed by atoms with van der Waals surface area (Å²) >= 11 is 0. The van der Waals surface area contributed by atoms with E-state index in [0.717, 1.165) is 25.3 Å². The van der Waals surface area contributed by atoms with E-state index in [1.807, 2.05) is 0 Å². The SMILES string of the molecule is CCC(O)CC1CC(NCC2CCC2)CN(CC)C1. The summed E-state index contributed by atoms with van der Waals surface area (Å²) in [5.74, 6) is 1.61. The fourth-order valence-corrected chi connectivity index (χ4v) is 3.46. The van der Waals surface area contributed by atoms with Gasteiger partial charge in [0.2, 0.25) is 0 Å². The molecule has 3 heteroatoms. The Morgan fingerprint density at radius 3 is 2.58 bits per heavy atom. The van der Waals surface area contributed by atoms with Crippen LogP contribution in [0.3, 0.4) is 0 Å². The van der Waals surface area contributed by atoms with E-state index in [-0.39, 0.29) is 6.10 Å². The third-order valence-corrected chi connectivity index (χ3v) is 5.06. The van der Waals surface area contributed by atoms with Gasteiger partial charge in [-0.15, -0.1) is 0 Å². The summed E-state index contributed by atoms with van der Waals surface area (Å²) in [6, 6.07) is 0.642. The van der Waals surface area contributed by atoms with Gasteiger partial charge in [-0.2, -0.15) is 0 Å². The van der Waals surface area contributed by atoms with Crippen molar-refractivity contribution in [3.8, 4) is 0 Å². The number of rotatable bonds is 7. The second-order valence-corrected chi connectivity index (χ2v) is 6.65. The van der Waals surface area contributed by atoms with Gasteiger partial charge in [-0.3, -0.25) is 0 Å². The Bertz CT molecular complexity index is 253. The van der Waals surface area contributed by atoms with E-state index in [1.54, 1.807) is 0 Å². The van der Waals surface area contributed by atoms with Crippen LogP contribution in [0.15, 0.2) is 0 Å². The van der Waals surface area contributed by atoms with Crippen LogP contribution in [0.2, 0.25) is 0 Å². The van der Waals surface area contributed by atoms with Crippen LogP contribution >= 0.6 is 0 Å². The summed E-state index contributed by atoms with van der Waals surface area (Å²) in [7, 11) is 0. The molecule has 1 aliphatic carbocycles. The number of nitrogens with zero attached hydrogens (tertiary/aromatic N) is 1. The molecule has 1 saturated carbocycles. The maximum atomic E-state index is 9.88. The molecule has 1 saturated heterocycles. The Morgan fingerprint density at radius 1 is 1.21 bits per heavy atom. The lowest BCUT2D eigenvalue weighted by Gasteiger charge is -2.39. The molecule has 0 bridgehead atoms. The van der Waals surface area contributed by atoms with E-state index >= 15 is 0 Å². The fourth-order valence-electron chi connectivity index (χ4n) is 3.46. The predicted molar refractivity (Wildman–Crippen MR) is 80.3 cm³/mol. The Labute approximate surface area is 118 Å². The Hall–Kier alpha value is -0.120. The molecule has 2 N–H and O–H groups in total. The molecule has 0 aromatic heterocycles. The zero-order chi connectivity index (χ0) is 13.7. The van der Waals surface area contributed by atoms with E-state index in [2.05, 4.69) is 24.1 Å². The van der Waals surface area contributed by atoms with Gasteiger partial charge in [0.1, 0.15) is 0 Å². The van der Waals surface area contributed by atoms with Crippen LogP contribution in [0.1, 0.15) is 52.4 Å². The molecule has 0 radical (unpaired) electrons. The number of hydrogen-bond donors (Lipinski definition) is 2. The highest BCUT2D eigenvalue weighted by molar-refractivity contribution is 4.85. The number of aliphatic hydroxyl groups excluding tert-OH is 1. The average molecular weight is 268 g/mol. The van der Waals surface area contributed by atoms with Crippen molar-refractivity contribution >= 4 is 0 Å². The van der Waals surface area contributed by atoms with Gasteiger partial charge in [0, 0.05) is 19.1 Å². The van der Waals surface area contributed by atoms with E-state index in [1.165, 1.54) is 45.3 Å². The van der Waals surface area contributed by atoms with Gasteiger partial charge in [-0.05, 0) is 57.0 Å². The molecule has 0 amide bonds. The molecular weight excluding hydrogens is 236 g/mol. The zero-order valence-electron chi connectivity index (χ0n) is 12.8. The van der Waals surface area contributed by atoms with Crippen molar-refractivity contribution in [1.82, 2.24) is 10.2 Å². The molecule has 2 fully saturated rings. The standard InChI is InChI=1S/C16H32N2O/c1-3-16(19)9-14-8-15(12-18(4-2)11-14)17-10-13-6-5-7-13/h13-17,19H,3-12H2,1-2H3. The number of nitrogens with one attached hydrogen (secondary N) is 1. The minimum Gasteiger partial charge on any atom is -0.393 e. The summed E-state index contributed by atoms with van der Waals surface area (Å²) in [6.07, 6.45) is 7.31. The smallest absolute Gasteiger partial charge is 0.0540 e. The first-order valence-electron chi connectivity index (χ1n) is 8.35. The average Bonchev–Trinajstić information content (AvgIpc) is 2.36. The highest BCUT2D eigenvalue weighted by Gasteiger charge is 2.28. The molecule has 0 aromatic rings. The van der Waals surface area contributed by atoms with Crippen LogP contribution in [0.4, 0.5) is 0 Å². The highest BCUT2D eigenvalue weighted by atomic mass is 16.3. The monoisotopic (exact) mass is 268 g/mol. The minimum absolute atomic E-state index is 0.103. The first-order chi connectivity index (χ1) is 9.21. The Kier molecular flexibility index (Phi) is 6.11. The maximum Gasteiger partial charge on any atom is 0.0540 e. The van der Waals surface area contributed by atoms with E-state index < -0.39 is 0 Å². The summed E-state index contributed by atoms with van der Waals surface area (Å²) in [5.41, 5.74) is 0. The molecule has 112 valence electrons. The summed E-state index contributed by atoms with van der Waals surface area (Å²) in [6.45, 7) is 9.06. The van der Waals surface area contributed by atoms with Crippen LogP contribution < -0.4 is 5.32 Å². The first-order valence-corrected chi connectivity index (χ1v) is 8.35. The van der Waals surface area contributed by atoms with Crippen LogP contribution in [0.25, 0.3) is 0 Å². The van der Waals surface area contributed by atoms with Crippen molar-refractivity contribution < 1.29 is 5.11 Å². The molecule has 3 unspecified atom stereocenters. The van der Waals surface area contributed by atoms with Gasteiger partial charge in [-0.1, -0.05) is 20.3 Å². The van der Waals surface area contributed by atoms with Crippen molar-refractivity contribution in [2.45, 2.75) is 64.5 Å². The van der Waals surface area contributed by atoms with Crippen LogP contribution in [0.5, 0.6) is 0 Å². The molecule has 0 aromatic carbocycles. The third kappa shape index (κ3) is 4.73. The number of likely N-dealkylation sites (tertiary alicyclic amines) is 1. The first kappa shape index (κ1) is 15.3. The minimum atomic E-state index is -0.103. The zero-order valence-corrected chi connectivity index (χ0v) is 12.8. The fraction of sp³-hybridized carbons (Fsp3) is 1.00. The molecule has 0 spiro atoms. The topological polar surface area (TPSA) is 35.5 Å². The molecule has 3 nitrogen and oxygen atoms in total. The van der Waals surface area contributed by atoms with Crippen molar-refractivity contribution in [2.24, 2.45) is 11.8 Å².